The maximum Gasteiger partial charge on any atom is 0.534 e. The van der Waals surface area contributed by atoms with E-state index in [0.29, 0.717) is 39.2 Å². The van der Waals surface area contributed by atoms with Crippen LogP contribution in [0.15, 0.2) is 57.7 Å². The van der Waals surface area contributed by atoms with Crippen molar-refractivity contribution in [3.05, 3.63) is 86.0 Å². The molecule has 47 heavy (non-hydrogen) atoms. The second-order valence-corrected chi connectivity index (χ2v) is 14.6. The Hall–Kier alpha value is -4.03. The van der Waals surface area contributed by atoms with E-state index in [2.05, 4.69) is 28.2 Å². The monoisotopic (exact) mass is 690 g/mol. The Kier molecular flexibility index (Phi) is 9.15. The summed E-state index contributed by atoms with van der Waals surface area (Å²) in [4.78, 5) is 27.6. The fourth-order valence-corrected chi connectivity index (χ4v) is 6.55. The van der Waals surface area contributed by atoms with Gasteiger partial charge in [-0.2, -0.15) is 21.6 Å². The van der Waals surface area contributed by atoms with Crippen LogP contribution in [0.4, 0.5) is 24.7 Å². The Morgan fingerprint density at radius 1 is 1.09 bits per heavy atom. The molecular formula is C34H34ClF3N2O6S. The van der Waals surface area contributed by atoms with Crippen LogP contribution in [0.25, 0.3) is 22.1 Å². The molecule has 2 heterocycles. The summed E-state index contributed by atoms with van der Waals surface area (Å²) in [7, 11) is -6.00. The molecule has 1 aliphatic heterocycles. The fraction of sp³-hybridized carbons (Fsp3) is 0.353. The van der Waals surface area contributed by atoms with Crippen molar-refractivity contribution in [2.24, 2.45) is 5.41 Å². The molecule has 1 aliphatic rings. The number of aldehydes is 1. The van der Waals surface area contributed by atoms with E-state index in [1.165, 1.54) is 12.1 Å². The fourth-order valence-electron chi connectivity index (χ4n) is 5.78. The number of nitrogens with zero attached hydrogens (tertiary/aromatic N) is 1. The summed E-state index contributed by atoms with van der Waals surface area (Å²) < 4.78 is 72.7. The molecule has 250 valence electrons. The third kappa shape index (κ3) is 6.85. The predicted octanol–water partition coefficient (Wildman–Crippen LogP) is 8.57. The van der Waals surface area contributed by atoms with E-state index in [9.17, 15) is 31.2 Å². The number of carbonyl (C=O) groups excluding carboxylic acids is 1. The minimum Gasteiger partial charge on any atom is -0.440 e. The van der Waals surface area contributed by atoms with Gasteiger partial charge in [-0.25, -0.2) is 0 Å². The number of nitrogens with one attached hydrogen (secondary N) is 1. The number of carbonyl (C=O) groups is 1. The number of fused-ring (bicyclic) bond motifs is 1. The largest absolute Gasteiger partial charge is 0.534 e. The van der Waals surface area contributed by atoms with E-state index in [1.807, 2.05) is 26.0 Å². The van der Waals surface area contributed by atoms with Crippen molar-refractivity contribution in [3.8, 4) is 16.9 Å². The van der Waals surface area contributed by atoms with Crippen molar-refractivity contribution >= 4 is 50.5 Å². The first-order valence-corrected chi connectivity index (χ1v) is 16.7. The summed E-state index contributed by atoms with van der Waals surface area (Å²) in [5.41, 5.74) is -2.21. The van der Waals surface area contributed by atoms with Crippen LogP contribution < -0.4 is 19.8 Å². The van der Waals surface area contributed by atoms with Crippen molar-refractivity contribution in [2.45, 2.75) is 59.0 Å². The maximum atomic E-state index is 13.7. The standard InChI is InChI=1S/C34H34ClF3N2O6S/c1-19-15-24(31-25(16-19)30(42)20(2)32(45-31)40-13-11-33(4,5)12-14-40)21(3)39-27-8-6-7-26(35)29(27)22-9-10-28(23(17-22)18-41)46-47(43,44)34(36,37)38/h6-10,15-18,21,39H,11-14H2,1-5H3/t21-/m1/s1. The first-order valence-electron chi connectivity index (χ1n) is 14.9. The Morgan fingerprint density at radius 3 is 2.40 bits per heavy atom. The van der Waals surface area contributed by atoms with E-state index in [4.69, 9.17) is 16.0 Å². The predicted molar refractivity (Wildman–Crippen MR) is 177 cm³/mol. The Labute approximate surface area is 275 Å². The lowest BCUT2D eigenvalue weighted by atomic mass is 9.82. The second kappa shape index (κ2) is 12.5. The van der Waals surface area contributed by atoms with Gasteiger partial charge in [0.15, 0.2) is 17.5 Å². The number of benzene rings is 3. The molecule has 4 aromatic rings. The van der Waals surface area contributed by atoms with E-state index in [1.54, 1.807) is 25.1 Å². The molecular weight excluding hydrogens is 657 g/mol. The lowest BCUT2D eigenvalue weighted by Crippen LogP contribution is -2.38. The van der Waals surface area contributed by atoms with Gasteiger partial charge in [-0.3, -0.25) is 9.59 Å². The molecule has 5 rings (SSSR count). The summed E-state index contributed by atoms with van der Waals surface area (Å²) in [6.07, 6.45) is 2.12. The van der Waals surface area contributed by atoms with Gasteiger partial charge in [-0.15, -0.1) is 0 Å². The number of alkyl halides is 3. The molecule has 3 aromatic carbocycles. The first-order chi connectivity index (χ1) is 21.9. The van der Waals surface area contributed by atoms with Crippen LogP contribution in [0, 0.1) is 19.3 Å². The van der Waals surface area contributed by atoms with Crippen molar-refractivity contribution in [2.75, 3.05) is 23.3 Å². The van der Waals surface area contributed by atoms with Gasteiger partial charge in [0.05, 0.1) is 27.6 Å². The zero-order valence-electron chi connectivity index (χ0n) is 26.4. The highest BCUT2D eigenvalue weighted by Crippen LogP contribution is 2.40. The van der Waals surface area contributed by atoms with Crippen molar-refractivity contribution < 1.29 is 35.0 Å². The van der Waals surface area contributed by atoms with Gasteiger partial charge in [0.2, 0.25) is 5.88 Å². The Balaban J connectivity index is 1.55. The second-order valence-electron chi connectivity index (χ2n) is 12.6. The molecule has 8 nitrogen and oxygen atoms in total. The van der Waals surface area contributed by atoms with Crippen LogP contribution in [0.5, 0.6) is 5.75 Å². The highest BCUT2D eigenvalue weighted by Gasteiger charge is 2.48. The summed E-state index contributed by atoms with van der Waals surface area (Å²) in [5.74, 6) is -0.226. The van der Waals surface area contributed by atoms with E-state index < -0.39 is 33.0 Å². The molecule has 1 atom stereocenters. The van der Waals surface area contributed by atoms with Crippen molar-refractivity contribution in [3.63, 3.8) is 0 Å². The van der Waals surface area contributed by atoms with Gasteiger partial charge >= 0.3 is 15.6 Å². The molecule has 0 unspecified atom stereocenters. The van der Waals surface area contributed by atoms with E-state index in [-0.39, 0.29) is 22.2 Å². The molecule has 1 N–H and O–H groups in total. The van der Waals surface area contributed by atoms with Crippen LogP contribution in [-0.2, 0) is 10.1 Å². The van der Waals surface area contributed by atoms with Gasteiger partial charge in [0.1, 0.15) is 5.58 Å². The molecule has 0 saturated carbocycles. The van der Waals surface area contributed by atoms with Gasteiger partial charge in [-0.1, -0.05) is 43.6 Å². The summed E-state index contributed by atoms with van der Waals surface area (Å²) in [6, 6.07) is 11.8. The topological polar surface area (TPSA) is 106 Å². The average Bonchev–Trinajstić information content (AvgIpc) is 2.99. The minimum absolute atomic E-state index is 0.108. The number of hydrogen-bond acceptors (Lipinski definition) is 8. The van der Waals surface area contributed by atoms with Crippen LogP contribution in [0.1, 0.15) is 66.7 Å². The van der Waals surface area contributed by atoms with E-state index in [0.717, 1.165) is 43.1 Å². The van der Waals surface area contributed by atoms with Gasteiger partial charge in [-0.05, 0) is 80.5 Å². The molecule has 13 heteroatoms. The zero-order valence-corrected chi connectivity index (χ0v) is 28.0. The summed E-state index contributed by atoms with van der Waals surface area (Å²) in [6.45, 7) is 11.5. The summed E-state index contributed by atoms with van der Waals surface area (Å²) >= 11 is 6.61. The lowest BCUT2D eigenvalue weighted by Gasteiger charge is -2.37. The number of hydrogen-bond donors (Lipinski definition) is 1. The molecule has 0 aliphatic carbocycles. The molecule has 1 saturated heterocycles. The Bertz CT molecular complexity index is 2030. The average molecular weight is 691 g/mol. The van der Waals surface area contributed by atoms with Crippen LogP contribution in [0.3, 0.4) is 0 Å². The number of rotatable bonds is 8. The highest BCUT2D eigenvalue weighted by atomic mass is 35.5. The third-order valence-electron chi connectivity index (χ3n) is 8.53. The Morgan fingerprint density at radius 2 is 1.77 bits per heavy atom. The smallest absolute Gasteiger partial charge is 0.440 e. The molecule has 0 amide bonds. The minimum atomic E-state index is -6.00. The molecule has 0 spiro atoms. The highest BCUT2D eigenvalue weighted by molar-refractivity contribution is 7.88. The lowest BCUT2D eigenvalue weighted by molar-refractivity contribution is -0.0500. The van der Waals surface area contributed by atoms with E-state index >= 15 is 0 Å². The normalized spacial score (nSPS) is 15.8. The number of anilines is 2. The SMILES string of the molecule is Cc1cc([C@@H](C)Nc2cccc(Cl)c2-c2ccc(OS(=O)(=O)C(F)(F)F)c(C=O)c2)c2oc(N3CCC(C)(C)CC3)c(C)c(=O)c2c1. The molecule has 1 aromatic heterocycles. The van der Waals surface area contributed by atoms with Gasteiger partial charge in [0, 0.05) is 29.9 Å². The molecule has 1 fully saturated rings. The maximum absolute atomic E-state index is 13.7. The van der Waals surface area contributed by atoms with Gasteiger partial charge < -0.3 is 18.8 Å². The van der Waals surface area contributed by atoms with Crippen LogP contribution in [-0.4, -0.2) is 33.3 Å². The van der Waals surface area contributed by atoms with Crippen molar-refractivity contribution in [1.29, 1.82) is 0 Å². The third-order valence-corrected chi connectivity index (χ3v) is 9.81. The number of halogens is 4. The van der Waals surface area contributed by atoms with Crippen LogP contribution in [0.2, 0.25) is 5.02 Å². The zero-order chi connectivity index (χ0) is 34.5. The first kappa shape index (κ1) is 34.3. The van der Waals surface area contributed by atoms with Crippen molar-refractivity contribution in [1.82, 2.24) is 0 Å². The number of piperidine rings is 1. The number of aryl methyl sites for hydroxylation is 1. The quantitative estimate of drug-likeness (QED) is 0.111. The van der Waals surface area contributed by atoms with Crippen LogP contribution >= 0.6 is 11.6 Å². The van der Waals surface area contributed by atoms with Gasteiger partial charge in [0.25, 0.3) is 0 Å². The molecule has 0 bridgehead atoms. The molecule has 0 radical (unpaired) electrons. The summed E-state index contributed by atoms with van der Waals surface area (Å²) in [5, 5.41) is 4.12.